The van der Waals surface area contributed by atoms with E-state index in [1.54, 1.807) is 0 Å². The van der Waals surface area contributed by atoms with Gasteiger partial charge in [0.2, 0.25) is 5.91 Å². The van der Waals surface area contributed by atoms with E-state index in [0.717, 1.165) is 29.2 Å². The molecule has 1 atom stereocenters. The zero-order chi connectivity index (χ0) is 18.2. The summed E-state index contributed by atoms with van der Waals surface area (Å²) in [4.78, 5) is 14.7. The van der Waals surface area contributed by atoms with Crippen LogP contribution in [0, 0.1) is 6.92 Å². The number of carbonyl (C=O) groups excluding carboxylic acids is 1. The highest BCUT2D eigenvalue weighted by Gasteiger charge is 2.21. The van der Waals surface area contributed by atoms with Crippen LogP contribution in [0.3, 0.4) is 0 Å². The normalized spacial score (nSPS) is 12.2. The van der Waals surface area contributed by atoms with Crippen molar-refractivity contribution >= 4 is 17.5 Å². The first-order chi connectivity index (χ1) is 12.0. The summed E-state index contributed by atoms with van der Waals surface area (Å²) in [6.07, 6.45) is 0.397. The van der Waals surface area contributed by atoms with Gasteiger partial charge in [0.1, 0.15) is 0 Å². The van der Waals surface area contributed by atoms with E-state index >= 15 is 0 Å². The molecule has 3 nitrogen and oxygen atoms in total. The van der Waals surface area contributed by atoms with Gasteiger partial charge in [-0.1, -0.05) is 73.5 Å². The molecule has 1 N–H and O–H groups in total. The number of nitrogens with one attached hydrogen (secondary N) is 1. The first-order valence-corrected chi connectivity index (χ1v) is 9.23. The minimum atomic E-state index is 0.0352. The zero-order valence-electron chi connectivity index (χ0n) is 15.3. The van der Waals surface area contributed by atoms with Crippen LogP contribution in [0.4, 0.5) is 0 Å². The fourth-order valence-corrected chi connectivity index (χ4v) is 3.27. The first-order valence-electron chi connectivity index (χ1n) is 8.85. The second kappa shape index (κ2) is 9.59. The van der Waals surface area contributed by atoms with Crippen molar-refractivity contribution in [1.82, 2.24) is 10.2 Å². The van der Waals surface area contributed by atoms with Gasteiger partial charge in [-0.2, -0.15) is 0 Å². The maximum atomic E-state index is 12.4. The van der Waals surface area contributed by atoms with Gasteiger partial charge < -0.3 is 5.32 Å². The van der Waals surface area contributed by atoms with Crippen molar-refractivity contribution in [3.8, 4) is 0 Å². The number of likely N-dealkylation sites (N-methyl/N-ethyl adjacent to an activating group) is 1. The number of nitrogens with zero attached hydrogens (tertiary/aromatic N) is 1. The monoisotopic (exact) mass is 358 g/mol. The molecular weight excluding hydrogens is 332 g/mol. The number of halogens is 1. The van der Waals surface area contributed by atoms with E-state index in [0.29, 0.717) is 13.0 Å². The van der Waals surface area contributed by atoms with Gasteiger partial charge in [0.25, 0.3) is 0 Å². The largest absolute Gasteiger partial charge is 0.354 e. The summed E-state index contributed by atoms with van der Waals surface area (Å²) in [5.41, 5.74) is 3.29. The van der Waals surface area contributed by atoms with E-state index < -0.39 is 0 Å². The van der Waals surface area contributed by atoms with Crippen LogP contribution in [-0.4, -0.2) is 30.4 Å². The summed E-state index contributed by atoms with van der Waals surface area (Å²) in [6.45, 7) is 8.65. The average molecular weight is 359 g/mol. The van der Waals surface area contributed by atoms with Gasteiger partial charge in [-0.05, 0) is 37.2 Å². The van der Waals surface area contributed by atoms with Gasteiger partial charge in [-0.3, -0.25) is 9.69 Å². The van der Waals surface area contributed by atoms with Crippen LogP contribution < -0.4 is 5.32 Å². The fourth-order valence-electron chi connectivity index (χ4n) is 3.01. The molecule has 25 heavy (non-hydrogen) atoms. The van der Waals surface area contributed by atoms with Gasteiger partial charge in [-0.15, -0.1) is 0 Å². The minimum absolute atomic E-state index is 0.0352. The van der Waals surface area contributed by atoms with Gasteiger partial charge in [-0.25, -0.2) is 0 Å². The number of hydrogen-bond donors (Lipinski definition) is 1. The second-order valence-electron chi connectivity index (χ2n) is 6.22. The highest BCUT2D eigenvalue weighted by atomic mass is 35.5. The maximum absolute atomic E-state index is 12.4. The van der Waals surface area contributed by atoms with Gasteiger partial charge in [0.15, 0.2) is 0 Å². The van der Waals surface area contributed by atoms with E-state index in [9.17, 15) is 4.79 Å². The quantitative estimate of drug-likeness (QED) is 0.759. The summed E-state index contributed by atoms with van der Waals surface area (Å²) >= 11 is 6.40. The second-order valence-corrected chi connectivity index (χ2v) is 6.63. The molecule has 0 aliphatic heterocycles. The third kappa shape index (κ3) is 5.58. The van der Waals surface area contributed by atoms with E-state index in [2.05, 4.69) is 24.1 Å². The van der Waals surface area contributed by atoms with Crippen molar-refractivity contribution < 1.29 is 4.79 Å². The molecule has 1 amide bonds. The molecule has 0 radical (unpaired) electrons. The van der Waals surface area contributed by atoms with Gasteiger partial charge in [0.05, 0.1) is 12.5 Å². The van der Waals surface area contributed by atoms with Crippen molar-refractivity contribution in [1.29, 1.82) is 0 Å². The van der Waals surface area contributed by atoms with Crippen molar-refractivity contribution in [3.05, 3.63) is 70.2 Å². The highest BCUT2D eigenvalue weighted by Crippen LogP contribution is 2.26. The molecule has 0 fully saturated rings. The van der Waals surface area contributed by atoms with Crippen LogP contribution >= 0.6 is 11.6 Å². The molecule has 2 aromatic rings. The third-order valence-corrected chi connectivity index (χ3v) is 4.84. The molecule has 0 aromatic heterocycles. The lowest BCUT2D eigenvalue weighted by atomic mass is 10.0. The topological polar surface area (TPSA) is 32.3 Å². The average Bonchev–Trinajstić information content (AvgIpc) is 2.61. The van der Waals surface area contributed by atoms with Gasteiger partial charge >= 0.3 is 0 Å². The molecule has 0 aliphatic carbocycles. The standard InChI is InChI=1S/C21H27ClN2O/c1-4-24(5-2)20(18-8-6-7-9-19(18)22)15-23-21(25)14-17-12-10-16(3)11-13-17/h6-13,20H,4-5,14-15H2,1-3H3,(H,23,25). The lowest BCUT2D eigenvalue weighted by molar-refractivity contribution is -0.120. The number of hydrogen-bond acceptors (Lipinski definition) is 2. The highest BCUT2D eigenvalue weighted by molar-refractivity contribution is 6.31. The van der Waals surface area contributed by atoms with E-state index in [-0.39, 0.29) is 11.9 Å². The van der Waals surface area contributed by atoms with Gasteiger partial charge in [0, 0.05) is 11.6 Å². The molecule has 134 valence electrons. The molecule has 2 rings (SSSR count). The van der Waals surface area contributed by atoms with E-state index in [4.69, 9.17) is 11.6 Å². The Morgan fingerprint density at radius 3 is 2.32 bits per heavy atom. The Balaban J connectivity index is 2.05. The lowest BCUT2D eigenvalue weighted by Gasteiger charge is -2.31. The number of rotatable bonds is 8. The summed E-state index contributed by atoms with van der Waals surface area (Å²) in [7, 11) is 0. The molecular formula is C21H27ClN2O. The van der Waals surface area contributed by atoms with Crippen LogP contribution in [0.1, 0.15) is 36.6 Å². The van der Waals surface area contributed by atoms with Crippen molar-refractivity contribution in [3.63, 3.8) is 0 Å². The number of amides is 1. The smallest absolute Gasteiger partial charge is 0.224 e. The van der Waals surface area contributed by atoms with Crippen molar-refractivity contribution in [2.45, 2.75) is 33.2 Å². The molecule has 0 bridgehead atoms. The predicted octanol–water partition coefficient (Wildman–Crippen LogP) is 4.39. The number of aryl methyl sites for hydroxylation is 1. The molecule has 0 aliphatic rings. The first kappa shape index (κ1) is 19.5. The molecule has 1 unspecified atom stereocenters. The van der Waals surface area contributed by atoms with Crippen LogP contribution in [0.5, 0.6) is 0 Å². The Bertz CT molecular complexity index is 681. The van der Waals surface area contributed by atoms with Crippen LogP contribution in [0.2, 0.25) is 5.02 Å². The Labute approximate surface area is 156 Å². The molecule has 0 saturated heterocycles. The molecule has 2 aromatic carbocycles. The number of benzene rings is 2. The van der Waals surface area contributed by atoms with E-state index in [1.807, 2.05) is 55.5 Å². The Kier molecular flexibility index (Phi) is 7.48. The Hall–Kier alpha value is -1.84. The zero-order valence-corrected chi connectivity index (χ0v) is 16.0. The van der Waals surface area contributed by atoms with Crippen molar-refractivity contribution in [2.75, 3.05) is 19.6 Å². The maximum Gasteiger partial charge on any atom is 0.224 e. The fraction of sp³-hybridized carbons (Fsp3) is 0.381. The summed E-state index contributed by atoms with van der Waals surface area (Å²) in [5, 5.41) is 3.82. The van der Waals surface area contributed by atoms with Crippen LogP contribution in [0.25, 0.3) is 0 Å². The molecule has 4 heteroatoms. The summed E-state index contributed by atoms with van der Waals surface area (Å²) in [6, 6.07) is 16.0. The van der Waals surface area contributed by atoms with Crippen LogP contribution in [0.15, 0.2) is 48.5 Å². The van der Waals surface area contributed by atoms with Crippen LogP contribution in [-0.2, 0) is 11.2 Å². The molecule has 0 saturated carbocycles. The molecule has 0 heterocycles. The molecule has 0 spiro atoms. The third-order valence-electron chi connectivity index (χ3n) is 4.50. The SMILES string of the molecule is CCN(CC)C(CNC(=O)Cc1ccc(C)cc1)c1ccccc1Cl. The summed E-state index contributed by atoms with van der Waals surface area (Å²) in [5.74, 6) is 0.0352. The Morgan fingerprint density at radius 2 is 1.72 bits per heavy atom. The predicted molar refractivity (Wildman–Crippen MR) is 105 cm³/mol. The summed E-state index contributed by atoms with van der Waals surface area (Å²) < 4.78 is 0. The van der Waals surface area contributed by atoms with E-state index in [1.165, 1.54) is 5.56 Å². The Morgan fingerprint density at radius 1 is 1.08 bits per heavy atom. The minimum Gasteiger partial charge on any atom is -0.354 e. The van der Waals surface area contributed by atoms with Crippen molar-refractivity contribution in [2.24, 2.45) is 0 Å². The number of carbonyl (C=O) groups is 1. The lowest BCUT2D eigenvalue weighted by Crippen LogP contribution is -2.38.